The summed E-state index contributed by atoms with van der Waals surface area (Å²) in [7, 11) is 1.71. The number of nitrogens with zero attached hydrogens (tertiary/aromatic N) is 1. The molecule has 0 aliphatic heterocycles. The highest BCUT2D eigenvalue weighted by Crippen LogP contribution is 2.30. The van der Waals surface area contributed by atoms with E-state index in [0.717, 1.165) is 12.1 Å². The number of hydrogen-bond acceptors (Lipinski definition) is 3. The quantitative estimate of drug-likeness (QED) is 0.773. The molecule has 0 saturated carbocycles. The lowest BCUT2D eigenvalue weighted by atomic mass is 10.2. The molecule has 0 fully saturated rings. The highest BCUT2D eigenvalue weighted by molar-refractivity contribution is 5.70. The van der Waals surface area contributed by atoms with Crippen molar-refractivity contribution >= 4 is 11.7 Å². The summed E-state index contributed by atoms with van der Waals surface area (Å²) in [6, 6.07) is 4.81. The number of carbonyl (C=O) groups excluding carboxylic acids is 1. The van der Waals surface area contributed by atoms with Crippen molar-refractivity contribution in [3.05, 3.63) is 29.8 Å². The van der Waals surface area contributed by atoms with E-state index in [-0.39, 0.29) is 12.4 Å². The van der Waals surface area contributed by atoms with E-state index >= 15 is 0 Å². The molecule has 3 nitrogen and oxygen atoms in total. The van der Waals surface area contributed by atoms with Gasteiger partial charge in [0.2, 0.25) is 0 Å². The zero-order valence-corrected chi connectivity index (χ0v) is 10.8. The molecular formula is C13H16F3NO2. The summed E-state index contributed by atoms with van der Waals surface area (Å²) in [6.45, 7) is 2.44. The fourth-order valence-electron chi connectivity index (χ4n) is 1.53. The molecule has 19 heavy (non-hydrogen) atoms. The molecule has 0 aliphatic rings. The van der Waals surface area contributed by atoms with E-state index in [9.17, 15) is 18.0 Å². The Morgan fingerprint density at radius 2 is 1.84 bits per heavy atom. The van der Waals surface area contributed by atoms with Crippen LogP contribution >= 0.6 is 0 Å². The third-order valence-corrected chi connectivity index (χ3v) is 2.59. The Kier molecular flexibility index (Phi) is 5.20. The van der Waals surface area contributed by atoms with Gasteiger partial charge in [-0.25, -0.2) is 0 Å². The minimum absolute atomic E-state index is 0.200. The molecule has 6 heteroatoms. The second-order valence-electron chi connectivity index (χ2n) is 4.02. The van der Waals surface area contributed by atoms with Gasteiger partial charge in [-0.05, 0) is 31.2 Å². The van der Waals surface area contributed by atoms with E-state index in [1.807, 2.05) is 0 Å². The van der Waals surface area contributed by atoms with Crippen molar-refractivity contribution < 1.29 is 22.7 Å². The lowest BCUT2D eigenvalue weighted by Crippen LogP contribution is -2.22. The van der Waals surface area contributed by atoms with Crippen molar-refractivity contribution in [2.24, 2.45) is 0 Å². The van der Waals surface area contributed by atoms with Crippen molar-refractivity contribution in [3.63, 3.8) is 0 Å². The molecule has 0 heterocycles. The van der Waals surface area contributed by atoms with Gasteiger partial charge in [0.25, 0.3) is 0 Å². The number of halogens is 3. The lowest BCUT2D eigenvalue weighted by Gasteiger charge is -2.19. The van der Waals surface area contributed by atoms with Crippen LogP contribution in [0.5, 0.6) is 0 Å². The van der Waals surface area contributed by atoms with E-state index < -0.39 is 11.7 Å². The van der Waals surface area contributed by atoms with Gasteiger partial charge < -0.3 is 9.64 Å². The molecule has 0 amide bonds. The van der Waals surface area contributed by atoms with E-state index in [0.29, 0.717) is 18.8 Å². The first-order valence-electron chi connectivity index (χ1n) is 5.88. The third kappa shape index (κ3) is 4.81. The van der Waals surface area contributed by atoms with Gasteiger partial charge in [0, 0.05) is 19.3 Å². The summed E-state index contributed by atoms with van der Waals surface area (Å²) in [5.41, 5.74) is -0.0626. The number of anilines is 1. The second-order valence-corrected chi connectivity index (χ2v) is 4.02. The molecular weight excluding hydrogens is 259 g/mol. The molecule has 0 N–H and O–H groups in total. The zero-order valence-electron chi connectivity index (χ0n) is 10.8. The molecule has 0 bridgehead atoms. The topological polar surface area (TPSA) is 29.5 Å². The van der Waals surface area contributed by atoms with Crippen LogP contribution in [-0.4, -0.2) is 26.2 Å². The number of esters is 1. The first-order valence-corrected chi connectivity index (χ1v) is 5.88. The average Bonchev–Trinajstić information content (AvgIpc) is 2.35. The molecule has 0 spiro atoms. The second kappa shape index (κ2) is 6.45. The largest absolute Gasteiger partial charge is 0.466 e. The minimum atomic E-state index is -4.33. The van der Waals surface area contributed by atoms with E-state index in [4.69, 9.17) is 4.74 Å². The van der Waals surface area contributed by atoms with Crippen molar-refractivity contribution in [2.45, 2.75) is 19.5 Å². The number of carbonyl (C=O) groups is 1. The maximum absolute atomic E-state index is 12.4. The van der Waals surface area contributed by atoms with Crippen LogP contribution in [0, 0.1) is 0 Å². The normalized spacial score (nSPS) is 11.2. The Balaban J connectivity index is 2.58. The smallest absolute Gasteiger partial charge is 0.416 e. The van der Waals surface area contributed by atoms with Crippen LogP contribution in [0.3, 0.4) is 0 Å². The monoisotopic (exact) mass is 275 g/mol. The fraction of sp³-hybridized carbons (Fsp3) is 0.462. The minimum Gasteiger partial charge on any atom is -0.466 e. The van der Waals surface area contributed by atoms with E-state index in [1.54, 1.807) is 18.9 Å². The number of rotatable bonds is 5. The lowest BCUT2D eigenvalue weighted by molar-refractivity contribution is -0.142. The molecule has 0 saturated heterocycles. The molecule has 0 aromatic heterocycles. The van der Waals surface area contributed by atoms with Crippen LogP contribution in [0.2, 0.25) is 0 Å². The Bertz CT molecular complexity index is 415. The fourth-order valence-corrected chi connectivity index (χ4v) is 1.53. The molecule has 1 aromatic rings. The summed E-state index contributed by atoms with van der Waals surface area (Å²) in [4.78, 5) is 12.9. The number of hydrogen-bond donors (Lipinski definition) is 0. The summed E-state index contributed by atoms with van der Waals surface area (Å²) >= 11 is 0. The Morgan fingerprint density at radius 1 is 1.26 bits per heavy atom. The molecule has 0 atom stereocenters. The zero-order chi connectivity index (χ0) is 14.5. The summed E-state index contributed by atoms with van der Waals surface area (Å²) in [5.74, 6) is -0.318. The highest BCUT2D eigenvalue weighted by atomic mass is 19.4. The summed E-state index contributed by atoms with van der Waals surface area (Å²) in [5, 5.41) is 0. The first-order chi connectivity index (χ1) is 8.84. The molecule has 0 unspecified atom stereocenters. The molecule has 1 aromatic carbocycles. The van der Waals surface area contributed by atoms with E-state index in [1.165, 1.54) is 12.1 Å². The predicted octanol–water partition coefficient (Wildman–Crippen LogP) is 3.09. The summed E-state index contributed by atoms with van der Waals surface area (Å²) < 4.78 is 41.9. The van der Waals surface area contributed by atoms with E-state index in [2.05, 4.69) is 0 Å². The molecule has 0 aliphatic carbocycles. The van der Waals surface area contributed by atoms with Crippen LogP contribution in [0.4, 0.5) is 18.9 Å². The first kappa shape index (κ1) is 15.3. The van der Waals surface area contributed by atoms with Crippen LogP contribution in [-0.2, 0) is 15.7 Å². The van der Waals surface area contributed by atoms with Crippen molar-refractivity contribution in [1.82, 2.24) is 0 Å². The van der Waals surface area contributed by atoms with Gasteiger partial charge in [0.1, 0.15) is 0 Å². The van der Waals surface area contributed by atoms with Gasteiger partial charge in [0.05, 0.1) is 18.6 Å². The van der Waals surface area contributed by atoms with Crippen LogP contribution in [0.15, 0.2) is 24.3 Å². The third-order valence-electron chi connectivity index (χ3n) is 2.59. The van der Waals surface area contributed by atoms with Gasteiger partial charge in [-0.1, -0.05) is 0 Å². The summed E-state index contributed by atoms with van der Waals surface area (Å²) in [6.07, 6.45) is -4.13. The maximum Gasteiger partial charge on any atom is 0.416 e. The van der Waals surface area contributed by atoms with Gasteiger partial charge in [-0.15, -0.1) is 0 Å². The Morgan fingerprint density at radius 3 is 2.32 bits per heavy atom. The molecule has 1 rings (SSSR count). The Labute approximate surface area is 110 Å². The predicted molar refractivity (Wildman–Crippen MR) is 66.0 cm³/mol. The standard InChI is InChI=1S/C13H16F3NO2/c1-3-19-12(18)8-9-17(2)11-6-4-10(5-7-11)13(14,15)16/h4-7H,3,8-9H2,1-2H3. The van der Waals surface area contributed by atoms with Gasteiger partial charge in [0.15, 0.2) is 0 Å². The maximum atomic E-state index is 12.4. The highest BCUT2D eigenvalue weighted by Gasteiger charge is 2.30. The van der Waals surface area contributed by atoms with Crippen molar-refractivity contribution in [2.75, 3.05) is 25.1 Å². The van der Waals surface area contributed by atoms with Gasteiger partial charge in [-0.3, -0.25) is 4.79 Å². The molecule has 106 valence electrons. The van der Waals surface area contributed by atoms with Crippen LogP contribution < -0.4 is 4.90 Å². The van der Waals surface area contributed by atoms with Crippen molar-refractivity contribution in [1.29, 1.82) is 0 Å². The van der Waals surface area contributed by atoms with Crippen LogP contribution in [0.25, 0.3) is 0 Å². The average molecular weight is 275 g/mol. The van der Waals surface area contributed by atoms with Gasteiger partial charge in [-0.2, -0.15) is 13.2 Å². The number of alkyl halides is 3. The number of benzene rings is 1. The molecule has 0 radical (unpaired) electrons. The van der Waals surface area contributed by atoms with Crippen LogP contribution in [0.1, 0.15) is 18.9 Å². The number of ether oxygens (including phenoxy) is 1. The van der Waals surface area contributed by atoms with Gasteiger partial charge >= 0.3 is 12.1 Å². The SMILES string of the molecule is CCOC(=O)CCN(C)c1ccc(C(F)(F)F)cc1. The Hall–Kier alpha value is -1.72. The van der Waals surface area contributed by atoms with Crippen molar-refractivity contribution in [3.8, 4) is 0 Å².